The van der Waals surface area contributed by atoms with Crippen LogP contribution in [0.1, 0.15) is 40.7 Å². The smallest absolute Gasteiger partial charge is 0.313 e. The number of rotatable bonds is 9. The van der Waals surface area contributed by atoms with E-state index in [0.717, 1.165) is 0 Å². The molecule has 2 aromatic rings. The lowest BCUT2D eigenvalue weighted by atomic mass is 9.96. The standard InChI is InChI=1S/C19H19NO6/c1-14(19(22)25-11-6-12-26-20(23)24)16-9-5-10-17(13-16)18(21)15-7-3-2-4-8-15/h2-5,7-10,13-14H,6,11-12H2,1H3. The fourth-order valence-electron chi connectivity index (χ4n) is 2.34. The number of carbonyl (C=O) groups excluding carboxylic acids is 2. The van der Waals surface area contributed by atoms with Crippen molar-refractivity contribution in [1.29, 1.82) is 0 Å². The van der Waals surface area contributed by atoms with Gasteiger partial charge in [0.05, 0.1) is 19.1 Å². The molecule has 0 saturated heterocycles. The molecule has 1 atom stereocenters. The van der Waals surface area contributed by atoms with Gasteiger partial charge in [0.2, 0.25) is 0 Å². The first kappa shape index (κ1) is 19.1. The number of hydrogen-bond donors (Lipinski definition) is 0. The molecule has 2 aromatic carbocycles. The average molecular weight is 357 g/mol. The third kappa shape index (κ3) is 5.41. The molecule has 0 aromatic heterocycles. The summed E-state index contributed by atoms with van der Waals surface area (Å²) in [6.45, 7) is 1.58. The van der Waals surface area contributed by atoms with Crippen LogP contribution in [0.15, 0.2) is 54.6 Å². The molecule has 0 N–H and O–H groups in total. The van der Waals surface area contributed by atoms with Gasteiger partial charge in [-0.1, -0.05) is 48.5 Å². The summed E-state index contributed by atoms with van der Waals surface area (Å²) in [7, 11) is 0. The van der Waals surface area contributed by atoms with E-state index in [0.29, 0.717) is 16.7 Å². The van der Waals surface area contributed by atoms with Crippen molar-refractivity contribution in [3.63, 3.8) is 0 Å². The van der Waals surface area contributed by atoms with Crippen LogP contribution in [-0.2, 0) is 14.4 Å². The molecule has 1 unspecified atom stereocenters. The van der Waals surface area contributed by atoms with E-state index in [4.69, 9.17) is 4.74 Å². The predicted octanol–water partition coefficient (Wildman–Crippen LogP) is 3.16. The average Bonchev–Trinajstić information content (AvgIpc) is 2.67. The number of ether oxygens (including phenoxy) is 1. The van der Waals surface area contributed by atoms with Crippen molar-refractivity contribution in [2.75, 3.05) is 13.2 Å². The van der Waals surface area contributed by atoms with Crippen LogP contribution in [0, 0.1) is 10.1 Å². The Labute approximate surface area is 150 Å². The maximum Gasteiger partial charge on any atom is 0.313 e. The first-order valence-corrected chi connectivity index (χ1v) is 8.12. The number of carbonyl (C=O) groups is 2. The largest absolute Gasteiger partial charge is 0.465 e. The van der Waals surface area contributed by atoms with Crippen molar-refractivity contribution in [2.24, 2.45) is 0 Å². The Bertz CT molecular complexity index is 775. The Balaban J connectivity index is 1.97. The SMILES string of the molecule is CC(C(=O)OCCCO[N+](=O)[O-])c1cccc(C(=O)c2ccccc2)c1. The van der Waals surface area contributed by atoms with Crippen LogP contribution in [0.2, 0.25) is 0 Å². The number of hydrogen-bond acceptors (Lipinski definition) is 6. The highest BCUT2D eigenvalue weighted by Crippen LogP contribution is 2.20. The Morgan fingerprint density at radius 2 is 1.73 bits per heavy atom. The molecule has 2 rings (SSSR count). The Kier molecular flexibility index (Phi) is 6.84. The molecule has 0 amide bonds. The van der Waals surface area contributed by atoms with E-state index in [1.54, 1.807) is 55.5 Å². The Morgan fingerprint density at radius 1 is 1.04 bits per heavy atom. The highest BCUT2D eigenvalue weighted by Gasteiger charge is 2.18. The molecule has 0 radical (unpaired) electrons. The summed E-state index contributed by atoms with van der Waals surface area (Å²) in [6.07, 6.45) is 0.228. The number of benzene rings is 2. The maximum absolute atomic E-state index is 12.5. The van der Waals surface area contributed by atoms with Crippen LogP contribution in [-0.4, -0.2) is 30.1 Å². The summed E-state index contributed by atoms with van der Waals surface area (Å²) in [6, 6.07) is 15.7. The molecule has 0 heterocycles. The van der Waals surface area contributed by atoms with Crippen molar-refractivity contribution in [3.8, 4) is 0 Å². The van der Waals surface area contributed by atoms with Gasteiger partial charge in [-0.3, -0.25) is 9.59 Å². The van der Waals surface area contributed by atoms with Gasteiger partial charge < -0.3 is 9.57 Å². The second-order valence-corrected chi connectivity index (χ2v) is 5.62. The predicted molar refractivity (Wildman–Crippen MR) is 93.3 cm³/mol. The second-order valence-electron chi connectivity index (χ2n) is 5.62. The third-order valence-corrected chi connectivity index (χ3v) is 3.77. The lowest BCUT2D eigenvalue weighted by molar-refractivity contribution is -0.757. The van der Waals surface area contributed by atoms with E-state index < -0.39 is 17.0 Å². The number of ketones is 1. The van der Waals surface area contributed by atoms with Gasteiger partial charge in [-0.2, -0.15) is 0 Å². The summed E-state index contributed by atoms with van der Waals surface area (Å²) in [5.41, 5.74) is 1.73. The van der Waals surface area contributed by atoms with E-state index >= 15 is 0 Å². The molecule has 0 spiro atoms. The van der Waals surface area contributed by atoms with Crippen LogP contribution in [0.4, 0.5) is 0 Å². The molecule has 136 valence electrons. The molecule has 0 aliphatic heterocycles. The van der Waals surface area contributed by atoms with E-state index in [1.807, 2.05) is 6.07 Å². The first-order chi connectivity index (χ1) is 12.5. The van der Waals surface area contributed by atoms with E-state index in [9.17, 15) is 19.7 Å². The molecular weight excluding hydrogens is 338 g/mol. The van der Waals surface area contributed by atoms with Gasteiger partial charge in [0.1, 0.15) is 0 Å². The minimum Gasteiger partial charge on any atom is -0.465 e. The van der Waals surface area contributed by atoms with E-state index in [2.05, 4.69) is 4.84 Å². The lowest BCUT2D eigenvalue weighted by Gasteiger charge is -2.13. The van der Waals surface area contributed by atoms with E-state index in [-0.39, 0.29) is 25.4 Å². The molecule has 0 aliphatic rings. The minimum absolute atomic E-state index is 0.0274. The third-order valence-electron chi connectivity index (χ3n) is 3.77. The monoisotopic (exact) mass is 357 g/mol. The summed E-state index contributed by atoms with van der Waals surface area (Å²) < 4.78 is 5.10. The van der Waals surface area contributed by atoms with Crippen molar-refractivity contribution in [3.05, 3.63) is 81.4 Å². The molecule has 0 fully saturated rings. The van der Waals surface area contributed by atoms with Crippen molar-refractivity contribution >= 4 is 11.8 Å². The molecular formula is C19H19NO6. The zero-order valence-corrected chi connectivity index (χ0v) is 14.3. The van der Waals surface area contributed by atoms with Gasteiger partial charge >= 0.3 is 5.97 Å². The minimum atomic E-state index is -0.889. The van der Waals surface area contributed by atoms with Crippen LogP contribution in [0.25, 0.3) is 0 Å². The van der Waals surface area contributed by atoms with Crippen LogP contribution in [0.5, 0.6) is 0 Å². The van der Waals surface area contributed by atoms with E-state index in [1.165, 1.54) is 0 Å². The Morgan fingerprint density at radius 3 is 2.42 bits per heavy atom. The topological polar surface area (TPSA) is 95.7 Å². The molecule has 7 nitrogen and oxygen atoms in total. The zero-order chi connectivity index (χ0) is 18.9. The number of nitrogens with zero attached hydrogens (tertiary/aromatic N) is 1. The molecule has 26 heavy (non-hydrogen) atoms. The van der Waals surface area contributed by atoms with Gasteiger partial charge in [-0.25, -0.2) is 0 Å². The van der Waals surface area contributed by atoms with Crippen molar-refractivity contribution < 1.29 is 24.3 Å². The van der Waals surface area contributed by atoms with Gasteiger partial charge in [0.25, 0.3) is 5.09 Å². The quantitative estimate of drug-likeness (QED) is 0.225. The highest BCUT2D eigenvalue weighted by atomic mass is 16.9. The van der Waals surface area contributed by atoms with Crippen LogP contribution in [0.3, 0.4) is 0 Å². The molecule has 7 heteroatoms. The number of esters is 1. The van der Waals surface area contributed by atoms with Crippen molar-refractivity contribution in [2.45, 2.75) is 19.3 Å². The summed E-state index contributed by atoms with van der Waals surface area (Å²) in [5.74, 6) is -1.14. The fraction of sp³-hybridized carbons (Fsp3) is 0.263. The second kappa shape index (κ2) is 9.31. The summed E-state index contributed by atoms with van der Waals surface area (Å²) >= 11 is 0. The molecule has 0 bridgehead atoms. The first-order valence-electron chi connectivity index (χ1n) is 8.12. The van der Waals surface area contributed by atoms with Gasteiger partial charge in [0.15, 0.2) is 5.78 Å². The highest BCUT2D eigenvalue weighted by molar-refractivity contribution is 6.09. The Hall–Kier alpha value is -3.22. The fourth-order valence-corrected chi connectivity index (χ4v) is 2.34. The normalized spacial score (nSPS) is 11.4. The lowest BCUT2D eigenvalue weighted by Crippen LogP contribution is -2.16. The van der Waals surface area contributed by atoms with Gasteiger partial charge in [-0.05, 0) is 18.6 Å². The summed E-state index contributed by atoms with van der Waals surface area (Å²) in [5, 5.41) is 9.14. The zero-order valence-electron chi connectivity index (χ0n) is 14.3. The molecule has 0 aliphatic carbocycles. The van der Waals surface area contributed by atoms with Crippen LogP contribution >= 0.6 is 0 Å². The maximum atomic E-state index is 12.5. The summed E-state index contributed by atoms with van der Waals surface area (Å²) in [4.78, 5) is 38.8. The van der Waals surface area contributed by atoms with Crippen LogP contribution < -0.4 is 0 Å². The molecule has 0 saturated carbocycles. The van der Waals surface area contributed by atoms with Crippen molar-refractivity contribution in [1.82, 2.24) is 0 Å². The van der Waals surface area contributed by atoms with Gasteiger partial charge in [0, 0.05) is 17.5 Å². The van der Waals surface area contributed by atoms with Gasteiger partial charge in [-0.15, -0.1) is 10.1 Å².